The number of methoxy groups -OCH3 is 1. The zero-order valence-corrected chi connectivity index (χ0v) is 28.9. The molecule has 4 atom stereocenters. The molecule has 0 saturated heterocycles. The normalized spacial score (nSPS) is 20.5. The van der Waals surface area contributed by atoms with Crippen LogP contribution in [-0.4, -0.2) is 87.9 Å². The van der Waals surface area contributed by atoms with Crippen molar-refractivity contribution in [3.8, 4) is 11.5 Å². The Hall–Kier alpha value is -3.64. The Labute approximate surface area is 279 Å². The molecule has 4 rings (SSSR count). The van der Waals surface area contributed by atoms with E-state index in [2.05, 4.69) is 23.6 Å². The number of benzene rings is 3. The van der Waals surface area contributed by atoms with E-state index in [4.69, 9.17) is 14.2 Å². The first-order valence-corrected chi connectivity index (χ1v) is 17.7. The molecule has 10 nitrogen and oxygen atoms in total. The van der Waals surface area contributed by atoms with Crippen molar-refractivity contribution in [3.63, 3.8) is 0 Å². The van der Waals surface area contributed by atoms with Crippen molar-refractivity contribution in [2.45, 2.75) is 69.7 Å². The van der Waals surface area contributed by atoms with Crippen LogP contribution in [0.15, 0.2) is 77.7 Å². The molecule has 256 valence electrons. The number of hydrogen-bond donors (Lipinski definition) is 2. The number of anilines is 1. The number of amides is 1. The lowest BCUT2D eigenvalue weighted by atomic mass is 10.0. The van der Waals surface area contributed by atoms with Crippen LogP contribution < -0.4 is 14.2 Å². The van der Waals surface area contributed by atoms with E-state index >= 15 is 0 Å². The van der Waals surface area contributed by atoms with E-state index in [1.165, 1.54) is 18.2 Å². The summed E-state index contributed by atoms with van der Waals surface area (Å²) in [5.74, 6) is 0.738. The molecule has 3 aromatic carbocycles. The standard InChI is InChI=1S/C36H49N3O7S/c1-26-22-39(27(2)25-40)36(41)33-21-30(37-47(42,43)32-12-7-6-8-13-32)16-19-34(33)46-28(3)11-9-10-20-45-35(26)24-38(4)23-29-14-17-31(44-5)18-15-29/h6-8,12-19,21,26-28,35,37,40H,9-11,20,22-25H2,1-5H3/t26-,27+,28+,35-/m0/s1. The molecule has 0 unspecified atom stereocenters. The second-order valence-electron chi connectivity index (χ2n) is 12.5. The number of sulfonamides is 1. The van der Waals surface area contributed by atoms with Crippen molar-refractivity contribution < 1.29 is 32.5 Å². The van der Waals surface area contributed by atoms with Crippen LogP contribution in [0.4, 0.5) is 5.69 Å². The molecule has 11 heteroatoms. The summed E-state index contributed by atoms with van der Waals surface area (Å²) in [6, 6.07) is 20.3. The maximum atomic E-state index is 14.4. The van der Waals surface area contributed by atoms with Crippen LogP contribution in [0, 0.1) is 5.92 Å². The van der Waals surface area contributed by atoms with Crippen molar-refractivity contribution >= 4 is 21.6 Å². The Morgan fingerprint density at radius 3 is 2.47 bits per heavy atom. The van der Waals surface area contributed by atoms with Gasteiger partial charge in [-0.15, -0.1) is 0 Å². The van der Waals surface area contributed by atoms with E-state index in [9.17, 15) is 18.3 Å². The number of rotatable bonds is 10. The van der Waals surface area contributed by atoms with Crippen LogP contribution in [0.5, 0.6) is 11.5 Å². The van der Waals surface area contributed by atoms with Gasteiger partial charge < -0.3 is 24.2 Å². The molecule has 0 aliphatic carbocycles. The monoisotopic (exact) mass is 667 g/mol. The minimum Gasteiger partial charge on any atom is -0.497 e. The number of nitrogens with zero attached hydrogens (tertiary/aromatic N) is 2. The average Bonchev–Trinajstić information content (AvgIpc) is 3.06. The molecule has 0 aromatic heterocycles. The zero-order valence-electron chi connectivity index (χ0n) is 28.1. The minimum atomic E-state index is -3.89. The first-order valence-electron chi connectivity index (χ1n) is 16.2. The van der Waals surface area contributed by atoms with Crippen LogP contribution >= 0.6 is 0 Å². The number of likely N-dealkylation sites (N-methyl/N-ethyl adjacent to an activating group) is 1. The Morgan fingerprint density at radius 2 is 1.79 bits per heavy atom. The number of nitrogens with one attached hydrogen (secondary N) is 1. The Kier molecular flexibility index (Phi) is 13.1. The fourth-order valence-electron chi connectivity index (χ4n) is 5.68. The third kappa shape index (κ3) is 10.2. The maximum Gasteiger partial charge on any atom is 0.261 e. The number of aliphatic hydroxyl groups excluding tert-OH is 1. The Balaban J connectivity index is 1.62. The van der Waals surface area contributed by atoms with Gasteiger partial charge >= 0.3 is 0 Å². The molecule has 3 aromatic rings. The molecule has 47 heavy (non-hydrogen) atoms. The van der Waals surface area contributed by atoms with Gasteiger partial charge in [0, 0.05) is 37.8 Å². The highest BCUT2D eigenvalue weighted by atomic mass is 32.2. The van der Waals surface area contributed by atoms with Gasteiger partial charge in [0.2, 0.25) is 0 Å². The number of fused-ring (bicyclic) bond motifs is 1. The molecule has 1 heterocycles. The number of aliphatic hydroxyl groups is 1. The molecule has 0 bridgehead atoms. The number of ether oxygens (including phenoxy) is 3. The topological polar surface area (TPSA) is 118 Å². The zero-order chi connectivity index (χ0) is 34.0. The van der Waals surface area contributed by atoms with Crippen molar-refractivity contribution in [3.05, 3.63) is 83.9 Å². The molecule has 0 spiro atoms. The fraction of sp³-hybridized carbons (Fsp3) is 0.472. The third-order valence-corrected chi connectivity index (χ3v) is 9.86. The summed E-state index contributed by atoms with van der Waals surface area (Å²) >= 11 is 0. The quantitative estimate of drug-likeness (QED) is 0.294. The predicted octanol–water partition coefficient (Wildman–Crippen LogP) is 5.42. The fourth-order valence-corrected chi connectivity index (χ4v) is 6.75. The molecule has 0 saturated carbocycles. The van der Waals surface area contributed by atoms with E-state index in [1.807, 2.05) is 31.2 Å². The van der Waals surface area contributed by atoms with Crippen molar-refractivity contribution in [2.24, 2.45) is 5.92 Å². The predicted molar refractivity (Wildman–Crippen MR) is 183 cm³/mol. The van der Waals surface area contributed by atoms with Gasteiger partial charge in [-0.05, 0) is 88.2 Å². The van der Waals surface area contributed by atoms with Gasteiger partial charge in [-0.2, -0.15) is 0 Å². The largest absolute Gasteiger partial charge is 0.497 e. The number of hydrogen-bond acceptors (Lipinski definition) is 8. The molecule has 0 fully saturated rings. The summed E-state index contributed by atoms with van der Waals surface area (Å²) in [7, 11) is -0.185. The van der Waals surface area contributed by atoms with Crippen LogP contribution in [0.2, 0.25) is 0 Å². The van der Waals surface area contributed by atoms with Crippen LogP contribution in [0.25, 0.3) is 0 Å². The van der Waals surface area contributed by atoms with Gasteiger partial charge in [-0.3, -0.25) is 14.4 Å². The summed E-state index contributed by atoms with van der Waals surface area (Å²) in [4.78, 5) is 18.3. The van der Waals surface area contributed by atoms with Crippen molar-refractivity contribution in [1.82, 2.24) is 9.80 Å². The lowest BCUT2D eigenvalue weighted by molar-refractivity contribution is -0.0177. The van der Waals surface area contributed by atoms with Gasteiger partial charge in [0.15, 0.2) is 0 Å². The van der Waals surface area contributed by atoms with E-state index in [0.717, 1.165) is 37.1 Å². The molecular formula is C36H49N3O7S. The summed E-state index contributed by atoms with van der Waals surface area (Å²) in [6.07, 6.45) is 2.14. The first-order chi connectivity index (χ1) is 22.5. The van der Waals surface area contributed by atoms with Crippen molar-refractivity contribution in [2.75, 3.05) is 45.2 Å². The Bertz CT molecular complexity index is 1540. The smallest absolute Gasteiger partial charge is 0.261 e. The van der Waals surface area contributed by atoms with E-state index in [0.29, 0.717) is 25.4 Å². The van der Waals surface area contributed by atoms with E-state index in [-0.39, 0.29) is 46.8 Å². The highest BCUT2D eigenvalue weighted by molar-refractivity contribution is 7.92. The van der Waals surface area contributed by atoms with E-state index < -0.39 is 16.1 Å². The molecule has 1 aliphatic rings. The highest BCUT2D eigenvalue weighted by Crippen LogP contribution is 2.29. The summed E-state index contributed by atoms with van der Waals surface area (Å²) < 4.78 is 46.9. The molecule has 1 amide bonds. The van der Waals surface area contributed by atoms with Crippen molar-refractivity contribution in [1.29, 1.82) is 0 Å². The highest BCUT2D eigenvalue weighted by Gasteiger charge is 2.30. The van der Waals surface area contributed by atoms with Gasteiger partial charge in [-0.1, -0.05) is 37.3 Å². The Morgan fingerprint density at radius 1 is 1.06 bits per heavy atom. The SMILES string of the molecule is COc1ccc(CN(C)C[C@@H]2OCCCC[C@@H](C)Oc3ccc(NS(=O)(=O)c4ccccc4)cc3C(=O)N([C@H](C)CO)C[C@@H]2C)cc1. The second kappa shape index (κ2) is 17.0. The summed E-state index contributed by atoms with van der Waals surface area (Å²) in [6.45, 7) is 7.84. The van der Waals surface area contributed by atoms with Gasteiger partial charge in [0.05, 0.1) is 42.4 Å². The first kappa shape index (κ1) is 36.2. The summed E-state index contributed by atoms with van der Waals surface area (Å²) in [5.41, 5.74) is 1.62. The average molecular weight is 668 g/mol. The minimum absolute atomic E-state index is 0.0859. The second-order valence-corrected chi connectivity index (χ2v) is 14.2. The molecular weight excluding hydrogens is 618 g/mol. The number of carbonyl (C=O) groups is 1. The summed E-state index contributed by atoms with van der Waals surface area (Å²) in [5, 5.41) is 10.2. The van der Waals surface area contributed by atoms with Crippen LogP contribution in [0.1, 0.15) is 56.0 Å². The van der Waals surface area contributed by atoms with Gasteiger partial charge in [-0.25, -0.2) is 8.42 Å². The molecule has 1 aliphatic heterocycles. The van der Waals surface area contributed by atoms with Gasteiger partial charge in [0.1, 0.15) is 11.5 Å². The van der Waals surface area contributed by atoms with Gasteiger partial charge in [0.25, 0.3) is 15.9 Å². The lowest BCUT2D eigenvalue weighted by Crippen LogP contribution is -2.47. The van der Waals surface area contributed by atoms with Crippen LogP contribution in [-0.2, 0) is 21.3 Å². The van der Waals surface area contributed by atoms with Crippen LogP contribution in [0.3, 0.4) is 0 Å². The molecule has 2 N–H and O–H groups in total. The third-order valence-electron chi connectivity index (χ3n) is 8.46. The number of carbonyl (C=O) groups excluding carboxylic acids is 1. The maximum absolute atomic E-state index is 14.4. The van der Waals surface area contributed by atoms with E-state index in [1.54, 1.807) is 49.3 Å². The molecule has 0 radical (unpaired) electrons. The lowest BCUT2D eigenvalue weighted by Gasteiger charge is -2.36.